The predicted octanol–water partition coefficient (Wildman–Crippen LogP) is 3.93. The summed E-state index contributed by atoms with van der Waals surface area (Å²) in [5.74, 6) is 0.594. The molecule has 1 N–H and O–H groups in total. The topological polar surface area (TPSA) is 38.3 Å². The molecule has 2 rings (SSSR count). The number of carbonyl (C=O) groups is 1. The fourth-order valence-corrected chi connectivity index (χ4v) is 2.09. The van der Waals surface area contributed by atoms with Gasteiger partial charge in [-0.25, -0.2) is 0 Å². The van der Waals surface area contributed by atoms with Crippen molar-refractivity contribution in [2.75, 3.05) is 11.9 Å². The second-order valence-corrected chi connectivity index (χ2v) is 4.93. The molecule has 4 heteroatoms. The van der Waals surface area contributed by atoms with Crippen molar-refractivity contribution in [2.45, 2.75) is 18.7 Å². The molecule has 0 aliphatic heterocycles. The third-order valence-electron chi connectivity index (χ3n) is 2.87. The molecule has 2 aromatic carbocycles. The average molecular weight is 287 g/mol. The molecule has 0 spiro atoms. The molecule has 0 aliphatic rings. The minimum atomic E-state index is -0.146. The Labute approximate surface area is 124 Å². The lowest BCUT2D eigenvalue weighted by molar-refractivity contribution is 0.102. The van der Waals surface area contributed by atoms with Crippen LogP contribution in [0.5, 0.6) is 5.75 Å². The van der Waals surface area contributed by atoms with Crippen LogP contribution in [0.4, 0.5) is 5.69 Å². The summed E-state index contributed by atoms with van der Waals surface area (Å²) in [5, 5.41) is 2.87. The fraction of sp³-hybridized carbons (Fsp3) is 0.188. The van der Waals surface area contributed by atoms with Crippen LogP contribution in [-0.2, 0) is 0 Å². The zero-order valence-electron chi connectivity index (χ0n) is 11.5. The zero-order valence-corrected chi connectivity index (χ0v) is 12.4. The highest BCUT2D eigenvalue weighted by atomic mass is 32.1. The second kappa shape index (κ2) is 6.48. The van der Waals surface area contributed by atoms with Gasteiger partial charge in [-0.3, -0.25) is 4.79 Å². The van der Waals surface area contributed by atoms with Gasteiger partial charge in [0.1, 0.15) is 5.75 Å². The molecule has 0 bridgehead atoms. The maximum Gasteiger partial charge on any atom is 0.255 e. The van der Waals surface area contributed by atoms with Crippen LogP contribution >= 0.6 is 12.6 Å². The van der Waals surface area contributed by atoms with E-state index in [1.165, 1.54) is 0 Å². The number of carbonyl (C=O) groups excluding carboxylic acids is 1. The quantitative estimate of drug-likeness (QED) is 0.836. The van der Waals surface area contributed by atoms with Crippen LogP contribution in [0, 0.1) is 6.92 Å². The Morgan fingerprint density at radius 1 is 1.25 bits per heavy atom. The minimum Gasteiger partial charge on any atom is -0.494 e. The van der Waals surface area contributed by atoms with Gasteiger partial charge in [0.15, 0.2) is 0 Å². The molecule has 2 aromatic rings. The first-order valence-electron chi connectivity index (χ1n) is 6.44. The monoisotopic (exact) mass is 287 g/mol. The normalized spacial score (nSPS) is 10.2. The average Bonchev–Trinajstić information content (AvgIpc) is 2.42. The molecule has 20 heavy (non-hydrogen) atoms. The lowest BCUT2D eigenvalue weighted by Gasteiger charge is -2.10. The Bertz CT molecular complexity index is 626. The van der Waals surface area contributed by atoms with Crippen LogP contribution in [0.3, 0.4) is 0 Å². The van der Waals surface area contributed by atoms with E-state index < -0.39 is 0 Å². The number of benzene rings is 2. The summed E-state index contributed by atoms with van der Waals surface area (Å²) in [4.78, 5) is 13.0. The summed E-state index contributed by atoms with van der Waals surface area (Å²) in [7, 11) is 0. The molecule has 0 aliphatic carbocycles. The molecule has 0 heterocycles. The van der Waals surface area contributed by atoms with Gasteiger partial charge in [-0.1, -0.05) is 12.1 Å². The number of nitrogens with one attached hydrogen (secondary N) is 1. The zero-order chi connectivity index (χ0) is 14.5. The van der Waals surface area contributed by atoms with Gasteiger partial charge in [-0.05, 0) is 43.7 Å². The van der Waals surface area contributed by atoms with Gasteiger partial charge >= 0.3 is 0 Å². The van der Waals surface area contributed by atoms with Crippen molar-refractivity contribution >= 4 is 24.2 Å². The molecule has 0 unspecified atom stereocenters. The minimum absolute atomic E-state index is 0.146. The number of hydrogen-bond acceptors (Lipinski definition) is 3. The maximum absolute atomic E-state index is 12.3. The molecule has 0 saturated heterocycles. The predicted molar refractivity (Wildman–Crippen MR) is 84.0 cm³/mol. The summed E-state index contributed by atoms with van der Waals surface area (Å²) in [6, 6.07) is 12.9. The molecular weight excluding hydrogens is 270 g/mol. The Kier molecular flexibility index (Phi) is 4.69. The highest BCUT2D eigenvalue weighted by Crippen LogP contribution is 2.20. The van der Waals surface area contributed by atoms with E-state index in [4.69, 9.17) is 4.74 Å². The smallest absolute Gasteiger partial charge is 0.255 e. The third-order valence-corrected chi connectivity index (χ3v) is 3.15. The van der Waals surface area contributed by atoms with Crippen molar-refractivity contribution in [2.24, 2.45) is 0 Å². The van der Waals surface area contributed by atoms with E-state index in [-0.39, 0.29) is 5.91 Å². The van der Waals surface area contributed by atoms with Gasteiger partial charge < -0.3 is 10.1 Å². The molecule has 0 aromatic heterocycles. The van der Waals surface area contributed by atoms with Crippen LogP contribution in [0.1, 0.15) is 22.8 Å². The Morgan fingerprint density at radius 2 is 2.05 bits per heavy atom. The Hall–Kier alpha value is -1.94. The number of ether oxygens (including phenoxy) is 1. The maximum atomic E-state index is 12.3. The van der Waals surface area contributed by atoms with Crippen LogP contribution in [0.15, 0.2) is 47.4 Å². The van der Waals surface area contributed by atoms with Crippen LogP contribution < -0.4 is 10.1 Å². The SMILES string of the molecule is CCOc1cccc(NC(=O)c2cc(S)ccc2C)c1. The lowest BCUT2D eigenvalue weighted by atomic mass is 10.1. The van der Waals surface area contributed by atoms with E-state index in [0.29, 0.717) is 17.9 Å². The first kappa shape index (κ1) is 14.5. The third kappa shape index (κ3) is 3.54. The van der Waals surface area contributed by atoms with Gasteiger partial charge in [0, 0.05) is 22.2 Å². The molecule has 3 nitrogen and oxygen atoms in total. The first-order valence-corrected chi connectivity index (χ1v) is 6.88. The number of rotatable bonds is 4. The van der Waals surface area contributed by atoms with Crippen molar-refractivity contribution in [1.29, 1.82) is 0 Å². The molecule has 0 atom stereocenters. The number of amides is 1. The molecule has 0 radical (unpaired) electrons. The number of aryl methyl sites for hydroxylation is 1. The lowest BCUT2D eigenvalue weighted by Crippen LogP contribution is -2.13. The highest BCUT2D eigenvalue weighted by molar-refractivity contribution is 7.80. The molecule has 1 amide bonds. The summed E-state index contributed by atoms with van der Waals surface area (Å²) < 4.78 is 5.41. The van der Waals surface area contributed by atoms with Crippen molar-refractivity contribution in [1.82, 2.24) is 0 Å². The van der Waals surface area contributed by atoms with E-state index in [2.05, 4.69) is 17.9 Å². The van der Waals surface area contributed by atoms with E-state index in [1.807, 2.05) is 44.2 Å². The summed E-state index contributed by atoms with van der Waals surface area (Å²) in [6.07, 6.45) is 0. The fourth-order valence-electron chi connectivity index (χ4n) is 1.88. The molecular formula is C16H17NO2S. The van der Waals surface area contributed by atoms with Gasteiger partial charge in [0.25, 0.3) is 5.91 Å². The first-order chi connectivity index (χ1) is 9.60. The second-order valence-electron chi connectivity index (χ2n) is 4.41. The summed E-state index contributed by atoms with van der Waals surface area (Å²) >= 11 is 4.27. The van der Waals surface area contributed by atoms with Gasteiger partial charge in [0.2, 0.25) is 0 Å². The van der Waals surface area contributed by atoms with E-state index in [0.717, 1.165) is 16.2 Å². The van der Waals surface area contributed by atoms with E-state index in [1.54, 1.807) is 12.1 Å². The van der Waals surface area contributed by atoms with Gasteiger partial charge in [-0.2, -0.15) is 0 Å². The van der Waals surface area contributed by atoms with E-state index >= 15 is 0 Å². The van der Waals surface area contributed by atoms with Gasteiger partial charge in [0.05, 0.1) is 6.61 Å². The van der Waals surface area contributed by atoms with Crippen molar-refractivity contribution in [3.63, 3.8) is 0 Å². The van der Waals surface area contributed by atoms with Crippen molar-refractivity contribution < 1.29 is 9.53 Å². The Morgan fingerprint density at radius 3 is 2.80 bits per heavy atom. The molecule has 104 valence electrons. The van der Waals surface area contributed by atoms with Gasteiger partial charge in [-0.15, -0.1) is 12.6 Å². The number of thiol groups is 1. The molecule has 0 saturated carbocycles. The molecule has 0 fully saturated rings. The number of hydrogen-bond donors (Lipinski definition) is 2. The standard InChI is InChI=1S/C16H17NO2S/c1-3-19-13-6-4-5-12(9-13)17-16(18)15-10-14(20)8-7-11(15)2/h4-10,20H,3H2,1-2H3,(H,17,18). The largest absolute Gasteiger partial charge is 0.494 e. The van der Waals surface area contributed by atoms with Crippen molar-refractivity contribution in [3.8, 4) is 5.75 Å². The highest BCUT2D eigenvalue weighted by Gasteiger charge is 2.10. The van der Waals surface area contributed by atoms with E-state index in [9.17, 15) is 4.79 Å². The Balaban J connectivity index is 2.19. The summed E-state index contributed by atoms with van der Waals surface area (Å²) in [6.45, 7) is 4.42. The van der Waals surface area contributed by atoms with Crippen molar-refractivity contribution in [3.05, 3.63) is 53.6 Å². The van der Waals surface area contributed by atoms with Crippen LogP contribution in [-0.4, -0.2) is 12.5 Å². The van der Waals surface area contributed by atoms with Crippen LogP contribution in [0.25, 0.3) is 0 Å². The van der Waals surface area contributed by atoms with Crippen LogP contribution in [0.2, 0.25) is 0 Å². The number of anilines is 1. The summed E-state index contributed by atoms with van der Waals surface area (Å²) in [5.41, 5.74) is 2.26.